The molecule has 2 aromatic carbocycles. The summed E-state index contributed by atoms with van der Waals surface area (Å²) in [5.41, 5.74) is 4.93. The molecule has 0 aliphatic heterocycles. The summed E-state index contributed by atoms with van der Waals surface area (Å²) >= 11 is 0. The van der Waals surface area contributed by atoms with E-state index in [4.69, 9.17) is 9.47 Å². The molecule has 1 aliphatic carbocycles. The van der Waals surface area contributed by atoms with Gasteiger partial charge in [0.25, 0.3) is 0 Å². The van der Waals surface area contributed by atoms with Gasteiger partial charge >= 0.3 is 0 Å². The van der Waals surface area contributed by atoms with Crippen LogP contribution in [0.2, 0.25) is 0 Å². The van der Waals surface area contributed by atoms with Crippen LogP contribution < -0.4 is 9.47 Å². The van der Waals surface area contributed by atoms with E-state index in [1.807, 2.05) is 0 Å². The predicted molar refractivity (Wildman–Crippen MR) is 144 cm³/mol. The van der Waals surface area contributed by atoms with Crippen LogP contribution in [0.3, 0.4) is 0 Å². The van der Waals surface area contributed by atoms with Crippen LogP contribution in [0.5, 0.6) is 11.5 Å². The van der Waals surface area contributed by atoms with Gasteiger partial charge in [-0.15, -0.1) is 0 Å². The lowest BCUT2D eigenvalue weighted by atomic mass is 9.67. The summed E-state index contributed by atoms with van der Waals surface area (Å²) in [7, 11) is 0. The molecule has 0 heterocycles. The minimum atomic E-state index is -0.0470. The van der Waals surface area contributed by atoms with Crippen molar-refractivity contribution in [2.75, 3.05) is 26.4 Å². The second-order valence-electron chi connectivity index (χ2n) is 10.2. The molecule has 194 valence electrons. The minimum absolute atomic E-state index is 0.0229. The monoisotopic (exact) mass is 482 g/mol. The molecule has 4 nitrogen and oxygen atoms in total. The first-order valence-corrected chi connectivity index (χ1v) is 13.8. The van der Waals surface area contributed by atoms with Crippen molar-refractivity contribution in [1.82, 2.24) is 0 Å². The highest BCUT2D eigenvalue weighted by Gasteiger charge is 2.34. The molecular weight excluding hydrogens is 436 g/mol. The Balaban J connectivity index is 2.02. The standard InChI is InChI=1S/C31H46O4/c1-25-23-27(13-15-29(25)34-21-19-32)31(28-14-16-30(26(2)24-28)35-22-20-33)17-11-9-7-5-3-4-6-8-10-12-18-31/h13-16,23-24,32-33H,3-12,17-22H2,1-2H3. The summed E-state index contributed by atoms with van der Waals surface area (Å²) < 4.78 is 11.6. The molecule has 0 radical (unpaired) electrons. The van der Waals surface area contributed by atoms with E-state index in [0.29, 0.717) is 13.2 Å². The van der Waals surface area contributed by atoms with E-state index >= 15 is 0 Å². The van der Waals surface area contributed by atoms with Crippen LogP contribution >= 0.6 is 0 Å². The molecule has 35 heavy (non-hydrogen) atoms. The number of aliphatic hydroxyl groups excluding tert-OH is 2. The molecule has 1 saturated carbocycles. The molecule has 0 spiro atoms. The van der Waals surface area contributed by atoms with Gasteiger partial charge in [0.15, 0.2) is 0 Å². The zero-order valence-electron chi connectivity index (χ0n) is 22.0. The van der Waals surface area contributed by atoms with Gasteiger partial charge in [-0.1, -0.05) is 88.5 Å². The summed E-state index contributed by atoms with van der Waals surface area (Å²) in [6.45, 7) is 4.91. The van der Waals surface area contributed by atoms with Crippen molar-refractivity contribution < 1.29 is 19.7 Å². The van der Waals surface area contributed by atoms with E-state index in [1.54, 1.807) is 0 Å². The average Bonchev–Trinajstić information content (AvgIpc) is 2.89. The van der Waals surface area contributed by atoms with E-state index in [-0.39, 0.29) is 18.6 Å². The zero-order valence-corrected chi connectivity index (χ0v) is 22.0. The number of hydrogen-bond donors (Lipinski definition) is 2. The van der Waals surface area contributed by atoms with Crippen LogP contribution in [0, 0.1) is 13.8 Å². The van der Waals surface area contributed by atoms with Crippen LogP contribution in [0.25, 0.3) is 0 Å². The van der Waals surface area contributed by atoms with Gasteiger partial charge in [0.2, 0.25) is 0 Å². The van der Waals surface area contributed by atoms with Gasteiger partial charge in [0.05, 0.1) is 13.2 Å². The molecule has 0 atom stereocenters. The van der Waals surface area contributed by atoms with Crippen molar-refractivity contribution >= 4 is 0 Å². The Hall–Kier alpha value is -2.04. The smallest absolute Gasteiger partial charge is 0.122 e. The maximum absolute atomic E-state index is 9.19. The SMILES string of the molecule is Cc1cc(C2(c3ccc(OCCO)c(C)c3)CCCCCCCCCCCC2)ccc1OCCO. The Morgan fingerprint density at radius 2 is 0.971 bits per heavy atom. The van der Waals surface area contributed by atoms with Crippen molar-refractivity contribution in [3.05, 3.63) is 58.7 Å². The van der Waals surface area contributed by atoms with Crippen molar-refractivity contribution in [3.8, 4) is 11.5 Å². The zero-order chi connectivity index (χ0) is 24.9. The third-order valence-electron chi connectivity index (χ3n) is 7.61. The van der Waals surface area contributed by atoms with E-state index in [2.05, 4.69) is 50.2 Å². The summed E-state index contributed by atoms with van der Waals surface area (Å²) in [4.78, 5) is 0. The lowest BCUT2D eigenvalue weighted by molar-refractivity contribution is 0.200. The quantitative estimate of drug-likeness (QED) is 0.424. The van der Waals surface area contributed by atoms with Gasteiger partial charge in [-0.25, -0.2) is 0 Å². The first-order chi connectivity index (χ1) is 17.1. The second-order valence-corrected chi connectivity index (χ2v) is 10.2. The Morgan fingerprint density at radius 1 is 0.600 bits per heavy atom. The molecule has 1 aliphatic rings. The first-order valence-electron chi connectivity index (χ1n) is 13.8. The molecule has 0 saturated heterocycles. The highest BCUT2D eigenvalue weighted by atomic mass is 16.5. The average molecular weight is 483 g/mol. The molecule has 2 aromatic rings. The van der Waals surface area contributed by atoms with Crippen LogP contribution in [-0.4, -0.2) is 36.6 Å². The lowest BCUT2D eigenvalue weighted by Crippen LogP contribution is -2.28. The molecule has 0 aromatic heterocycles. The third kappa shape index (κ3) is 7.72. The van der Waals surface area contributed by atoms with Gasteiger partial charge in [0, 0.05) is 5.41 Å². The van der Waals surface area contributed by atoms with Gasteiger partial charge in [-0.05, 0) is 61.1 Å². The molecule has 4 heteroatoms. The van der Waals surface area contributed by atoms with Crippen LogP contribution in [0.15, 0.2) is 36.4 Å². The van der Waals surface area contributed by atoms with E-state index in [9.17, 15) is 10.2 Å². The van der Waals surface area contributed by atoms with E-state index in [1.165, 1.54) is 75.3 Å². The first kappa shape index (κ1) is 27.5. The van der Waals surface area contributed by atoms with Gasteiger partial charge < -0.3 is 19.7 Å². The topological polar surface area (TPSA) is 58.9 Å². The molecular formula is C31H46O4. The summed E-state index contributed by atoms with van der Waals surface area (Å²) in [6.07, 6.45) is 15.4. The van der Waals surface area contributed by atoms with E-state index in [0.717, 1.165) is 35.5 Å². The maximum Gasteiger partial charge on any atom is 0.122 e. The van der Waals surface area contributed by atoms with Crippen molar-refractivity contribution in [2.45, 2.75) is 96.3 Å². The largest absolute Gasteiger partial charge is 0.491 e. The van der Waals surface area contributed by atoms with Crippen LogP contribution in [-0.2, 0) is 5.41 Å². The normalized spacial score (nSPS) is 17.6. The molecule has 2 N–H and O–H groups in total. The summed E-state index contributed by atoms with van der Waals surface area (Å²) in [5.74, 6) is 1.71. The van der Waals surface area contributed by atoms with Crippen LogP contribution in [0.1, 0.15) is 99.3 Å². The Labute approximate surface area is 212 Å². The molecule has 0 amide bonds. The summed E-state index contributed by atoms with van der Waals surface area (Å²) in [6, 6.07) is 13.3. The Bertz CT molecular complexity index is 818. The number of aryl methyl sites for hydroxylation is 2. The predicted octanol–water partition coefficient (Wildman–Crippen LogP) is 7.03. The van der Waals surface area contributed by atoms with Crippen molar-refractivity contribution in [2.24, 2.45) is 0 Å². The molecule has 0 bridgehead atoms. The van der Waals surface area contributed by atoms with Gasteiger partial charge in [-0.3, -0.25) is 0 Å². The third-order valence-corrected chi connectivity index (χ3v) is 7.61. The fourth-order valence-corrected chi connectivity index (χ4v) is 5.67. The highest BCUT2D eigenvalue weighted by Crippen LogP contribution is 2.44. The fourth-order valence-electron chi connectivity index (χ4n) is 5.67. The molecule has 3 rings (SSSR count). The lowest BCUT2D eigenvalue weighted by Gasteiger charge is -2.37. The highest BCUT2D eigenvalue weighted by molar-refractivity contribution is 5.48. The Morgan fingerprint density at radius 3 is 1.31 bits per heavy atom. The van der Waals surface area contributed by atoms with Crippen molar-refractivity contribution in [3.63, 3.8) is 0 Å². The number of benzene rings is 2. The number of aliphatic hydroxyl groups is 2. The van der Waals surface area contributed by atoms with E-state index < -0.39 is 0 Å². The van der Waals surface area contributed by atoms with Crippen molar-refractivity contribution in [1.29, 1.82) is 0 Å². The summed E-state index contributed by atoms with van der Waals surface area (Å²) in [5, 5.41) is 18.4. The van der Waals surface area contributed by atoms with Gasteiger partial charge in [0.1, 0.15) is 24.7 Å². The Kier molecular flexibility index (Phi) is 11.4. The number of hydrogen-bond acceptors (Lipinski definition) is 4. The van der Waals surface area contributed by atoms with Gasteiger partial charge in [-0.2, -0.15) is 0 Å². The van der Waals surface area contributed by atoms with Crippen LogP contribution in [0.4, 0.5) is 0 Å². The number of ether oxygens (including phenoxy) is 2. The second kappa shape index (κ2) is 14.5. The molecule has 1 fully saturated rings. The molecule has 0 unspecified atom stereocenters. The number of rotatable bonds is 8. The maximum atomic E-state index is 9.19. The minimum Gasteiger partial charge on any atom is -0.491 e. The fraction of sp³-hybridized carbons (Fsp3) is 0.613.